The van der Waals surface area contributed by atoms with E-state index in [-0.39, 0.29) is 0 Å². The lowest BCUT2D eigenvalue weighted by molar-refractivity contribution is 0.0712. The van der Waals surface area contributed by atoms with Crippen LogP contribution in [0.4, 0.5) is 0 Å². The van der Waals surface area contributed by atoms with Crippen LogP contribution in [0.3, 0.4) is 0 Å². The van der Waals surface area contributed by atoms with Gasteiger partial charge in [-0.3, -0.25) is 4.79 Å². The maximum Gasteiger partial charge on any atom is 0.166 e. The Morgan fingerprint density at radius 1 is 1.17 bits per heavy atom. The highest BCUT2D eigenvalue weighted by Gasteiger charge is 2.40. The van der Waals surface area contributed by atoms with Gasteiger partial charge in [-0.2, -0.15) is 0 Å². The molecule has 0 aromatic heterocycles. The smallest absolute Gasteiger partial charge is 0.166 e. The van der Waals surface area contributed by atoms with Gasteiger partial charge in [-0.25, -0.2) is 0 Å². The van der Waals surface area contributed by atoms with Crippen LogP contribution in [0.25, 0.3) is 0 Å². The zero-order valence-electron chi connectivity index (χ0n) is 11.4. The van der Waals surface area contributed by atoms with Gasteiger partial charge in [0.1, 0.15) is 0 Å². The van der Waals surface area contributed by atoms with Crippen molar-refractivity contribution < 1.29 is 4.79 Å². The van der Waals surface area contributed by atoms with Gasteiger partial charge in [-0.15, -0.1) is 0 Å². The zero-order valence-corrected chi connectivity index (χ0v) is 11.4. The van der Waals surface area contributed by atoms with Gasteiger partial charge < -0.3 is 0 Å². The normalized spacial score (nSPS) is 31.1. The topological polar surface area (TPSA) is 17.1 Å². The van der Waals surface area contributed by atoms with Gasteiger partial charge in [0.15, 0.2) is 5.78 Å². The van der Waals surface area contributed by atoms with Gasteiger partial charge in [-0.05, 0) is 49.0 Å². The number of Topliss-reactive ketones (excluding diaryl/α,β-unsaturated/α-hetero) is 1. The highest BCUT2D eigenvalue weighted by atomic mass is 16.1. The Morgan fingerprint density at radius 3 is 2.72 bits per heavy atom. The molecule has 0 N–H and O–H groups in total. The second-order valence-electron chi connectivity index (χ2n) is 6.41. The first-order valence-corrected chi connectivity index (χ1v) is 7.29. The van der Waals surface area contributed by atoms with Crippen molar-refractivity contribution in [3.8, 4) is 0 Å². The number of carbonyl (C=O) groups is 1. The number of fused-ring (bicyclic) bond motifs is 2. The number of hydrogen-bond donors (Lipinski definition) is 0. The van der Waals surface area contributed by atoms with Gasteiger partial charge in [0.25, 0.3) is 0 Å². The number of hydrogen-bond acceptors (Lipinski definition) is 1. The highest BCUT2D eigenvalue weighted by Crippen LogP contribution is 2.43. The summed E-state index contributed by atoms with van der Waals surface area (Å²) in [6.45, 7) is 4.60. The molecular formula is C17H22O. The van der Waals surface area contributed by atoms with Crippen molar-refractivity contribution in [2.75, 3.05) is 0 Å². The molecule has 3 unspecified atom stereocenters. The second kappa shape index (κ2) is 4.53. The van der Waals surface area contributed by atoms with Gasteiger partial charge >= 0.3 is 0 Å². The first-order chi connectivity index (χ1) is 8.66. The minimum atomic E-state index is 0.307. The third-order valence-electron chi connectivity index (χ3n) is 5.08. The van der Waals surface area contributed by atoms with Crippen molar-refractivity contribution in [3.05, 3.63) is 35.4 Å². The fourth-order valence-corrected chi connectivity index (χ4v) is 3.86. The molecule has 3 rings (SSSR count). The monoisotopic (exact) mass is 242 g/mol. The second-order valence-corrected chi connectivity index (χ2v) is 6.41. The van der Waals surface area contributed by atoms with Gasteiger partial charge in [0, 0.05) is 11.5 Å². The molecule has 18 heavy (non-hydrogen) atoms. The Labute approximate surface area is 110 Å². The molecule has 0 aliphatic heterocycles. The molecule has 1 heteroatoms. The molecule has 1 saturated carbocycles. The Bertz CT molecular complexity index is 460. The quantitative estimate of drug-likeness (QED) is 0.724. The van der Waals surface area contributed by atoms with Gasteiger partial charge in [0.2, 0.25) is 0 Å². The number of carbonyl (C=O) groups excluding carboxylic acids is 1. The van der Waals surface area contributed by atoms with Gasteiger partial charge in [0.05, 0.1) is 0 Å². The van der Waals surface area contributed by atoms with Crippen LogP contribution < -0.4 is 0 Å². The van der Waals surface area contributed by atoms with Crippen LogP contribution in [0.2, 0.25) is 0 Å². The van der Waals surface area contributed by atoms with Crippen LogP contribution in [0.5, 0.6) is 0 Å². The molecule has 96 valence electrons. The lowest BCUT2D eigenvalue weighted by Crippen LogP contribution is -2.37. The molecule has 1 fully saturated rings. The van der Waals surface area contributed by atoms with Crippen LogP contribution in [0.1, 0.15) is 49.0 Å². The molecule has 2 aliphatic carbocycles. The summed E-state index contributed by atoms with van der Waals surface area (Å²) in [5, 5.41) is 0. The molecule has 1 aromatic carbocycles. The average molecular weight is 242 g/mol. The van der Waals surface area contributed by atoms with Crippen LogP contribution >= 0.6 is 0 Å². The van der Waals surface area contributed by atoms with Crippen molar-refractivity contribution in [2.45, 2.75) is 39.5 Å². The molecule has 1 aromatic rings. The van der Waals surface area contributed by atoms with Crippen LogP contribution in [-0.4, -0.2) is 5.78 Å². The summed E-state index contributed by atoms with van der Waals surface area (Å²) in [4.78, 5) is 12.6. The Morgan fingerprint density at radius 2 is 1.94 bits per heavy atom. The summed E-state index contributed by atoms with van der Waals surface area (Å²) in [5.74, 6) is 2.81. The van der Waals surface area contributed by atoms with Crippen molar-refractivity contribution in [1.82, 2.24) is 0 Å². The van der Waals surface area contributed by atoms with Gasteiger partial charge in [-0.1, -0.05) is 38.1 Å². The molecule has 0 heterocycles. The third kappa shape index (κ3) is 1.90. The van der Waals surface area contributed by atoms with Crippen LogP contribution in [0, 0.1) is 23.7 Å². The molecule has 1 nitrogen and oxygen atoms in total. The van der Waals surface area contributed by atoms with E-state index in [0.29, 0.717) is 17.6 Å². The average Bonchev–Trinajstić information content (AvgIpc) is 2.38. The van der Waals surface area contributed by atoms with E-state index in [1.807, 2.05) is 12.1 Å². The summed E-state index contributed by atoms with van der Waals surface area (Å²) in [6.07, 6.45) is 4.80. The van der Waals surface area contributed by atoms with Crippen LogP contribution in [0.15, 0.2) is 24.3 Å². The lowest BCUT2D eigenvalue weighted by Gasteiger charge is -2.40. The van der Waals surface area contributed by atoms with E-state index in [1.54, 1.807) is 0 Å². The molecular weight excluding hydrogens is 220 g/mol. The molecule has 0 amide bonds. The van der Waals surface area contributed by atoms with Crippen LogP contribution in [-0.2, 0) is 6.42 Å². The highest BCUT2D eigenvalue weighted by molar-refractivity contribution is 6.00. The third-order valence-corrected chi connectivity index (χ3v) is 5.08. The fraction of sp³-hybridized carbons (Fsp3) is 0.588. The predicted octanol–water partition coefficient (Wildman–Crippen LogP) is 4.11. The predicted molar refractivity (Wildman–Crippen MR) is 73.6 cm³/mol. The molecule has 2 aliphatic rings. The SMILES string of the molecule is CC(C)C1CCC2Cc3ccccc3C(=O)C2C1. The molecule has 0 saturated heterocycles. The largest absolute Gasteiger partial charge is 0.294 e. The van der Waals surface area contributed by atoms with Crippen molar-refractivity contribution in [2.24, 2.45) is 23.7 Å². The Kier molecular flexibility index (Phi) is 3.01. The first-order valence-electron chi connectivity index (χ1n) is 7.29. The van der Waals surface area contributed by atoms with Crippen molar-refractivity contribution in [3.63, 3.8) is 0 Å². The minimum Gasteiger partial charge on any atom is -0.294 e. The number of benzene rings is 1. The van der Waals surface area contributed by atoms with Crippen molar-refractivity contribution >= 4 is 5.78 Å². The van der Waals surface area contributed by atoms with Crippen molar-refractivity contribution in [1.29, 1.82) is 0 Å². The number of rotatable bonds is 1. The molecule has 0 bridgehead atoms. The summed E-state index contributed by atoms with van der Waals surface area (Å²) in [7, 11) is 0. The van der Waals surface area contributed by atoms with E-state index in [9.17, 15) is 4.79 Å². The summed E-state index contributed by atoms with van der Waals surface area (Å²) in [5.41, 5.74) is 2.29. The Hall–Kier alpha value is -1.11. The van der Waals surface area contributed by atoms with E-state index in [2.05, 4.69) is 26.0 Å². The van der Waals surface area contributed by atoms with E-state index < -0.39 is 0 Å². The Balaban J connectivity index is 1.89. The van der Waals surface area contributed by atoms with E-state index in [0.717, 1.165) is 30.2 Å². The lowest BCUT2D eigenvalue weighted by atomic mass is 9.63. The standard InChI is InChI=1S/C17H22O/c1-11(2)12-7-8-14-9-13-5-3-4-6-15(13)17(18)16(14)10-12/h3-6,11-12,14,16H,7-10H2,1-2H3. The first kappa shape index (κ1) is 12.0. The summed E-state index contributed by atoms with van der Waals surface area (Å²) in [6, 6.07) is 8.22. The fourth-order valence-electron chi connectivity index (χ4n) is 3.86. The minimum absolute atomic E-state index is 0.307. The molecule has 0 radical (unpaired) electrons. The molecule has 3 atom stereocenters. The number of ketones is 1. The summed E-state index contributed by atoms with van der Waals surface area (Å²) >= 11 is 0. The maximum absolute atomic E-state index is 12.6. The zero-order chi connectivity index (χ0) is 12.7. The van der Waals surface area contributed by atoms with E-state index in [1.165, 1.54) is 18.4 Å². The van der Waals surface area contributed by atoms with E-state index in [4.69, 9.17) is 0 Å². The maximum atomic E-state index is 12.6. The summed E-state index contributed by atoms with van der Waals surface area (Å²) < 4.78 is 0. The van der Waals surface area contributed by atoms with E-state index >= 15 is 0 Å². The molecule has 0 spiro atoms.